The molecule has 2 aliphatic heterocycles. The molecule has 2 aromatic heterocycles. The fraction of sp³-hybridized carbons (Fsp3) is 0.545. The highest BCUT2D eigenvalue weighted by Crippen LogP contribution is 2.42. The average Bonchev–Trinajstić information content (AvgIpc) is 3.02. The Hall–Kier alpha value is -1.11. The number of aromatic nitrogens is 4. The van der Waals surface area contributed by atoms with Crippen molar-refractivity contribution in [2.45, 2.75) is 37.5 Å². The smallest absolute Gasteiger partial charge is 0.328 e. The number of aromatic amines is 1. The second kappa shape index (κ2) is 3.94. The lowest BCUT2D eigenvalue weighted by Crippen LogP contribution is -2.29. The van der Waals surface area contributed by atoms with E-state index in [1.165, 1.54) is 0 Å². The van der Waals surface area contributed by atoms with E-state index in [-0.39, 0.29) is 34.4 Å². The zero-order valence-corrected chi connectivity index (χ0v) is 11.3. The molecule has 0 aromatic carbocycles. The molecule has 19 heavy (non-hydrogen) atoms. The SMILES string of the molecule is O=c1[nH]c2c(Cl)nc(Cl)nc2n1[C@@H]1CC2CCC1O2. The average molecular weight is 301 g/mol. The minimum absolute atomic E-state index is 0.00188. The van der Waals surface area contributed by atoms with Crippen LogP contribution in [0.15, 0.2) is 4.79 Å². The molecule has 0 aliphatic carbocycles. The molecule has 100 valence electrons. The van der Waals surface area contributed by atoms with Crippen LogP contribution < -0.4 is 5.69 Å². The first-order chi connectivity index (χ1) is 9.13. The standard InChI is InChI=1S/C11H10Cl2N4O2/c12-8-7-9(16-10(13)15-8)17(11(18)14-7)5-3-4-1-2-6(5)19-4/h4-6H,1-3H2,(H,14,18)/t4?,5-,6?/m1/s1. The number of hydrogen-bond donors (Lipinski definition) is 1. The van der Waals surface area contributed by atoms with E-state index in [1.54, 1.807) is 4.57 Å². The topological polar surface area (TPSA) is 72.8 Å². The molecule has 2 fully saturated rings. The van der Waals surface area contributed by atoms with Crippen molar-refractivity contribution in [3.63, 3.8) is 0 Å². The number of nitrogens with one attached hydrogen (secondary N) is 1. The molecule has 2 unspecified atom stereocenters. The zero-order chi connectivity index (χ0) is 13.1. The molecule has 1 N–H and O–H groups in total. The van der Waals surface area contributed by atoms with Gasteiger partial charge in [-0.2, -0.15) is 4.98 Å². The Bertz CT molecular complexity index is 725. The van der Waals surface area contributed by atoms with Gasteiger partial charge in [-0.1, -0.05) is 11.6 Å². The van der Waals surface area contributed by atoms with Gasteiger partial charge in [0.25, 0.3) is 0 Å². The molecule has 2 aromatic rings. The third-order valence-corrected chi connectivity index (χ3v) is 4.35. The first kappa shape index (κ1) is 11.7. The monoisotopic (exact) mass is 300 g/mol. The molecule has 2 saturated heterocycles. The minimum Gasteiger partial charge on any atom is -0.373 e. The number of imidazole rings is 1. The van der Waals surface area contributed by atoms with Crippen molar-refractivity contribution in [2.75, 3.05) is 0 Å². The van der Waals surface area contributed by atoms with Gasteiger partial charge in [0.2, 0.25) is 5.28 Å². The molecule has 6 nitrogen and oxygen atoms in total. The summed E-state index contributed by atoms with van der Waals surface area (Å²) in [5.74, 6) is 0. The van der Waals surface area contributed by atoms with Crippen molar-refractivity contribution in [3.05, 3.63) is 20.9 Å². The summed E-state index contributed by atoms with van der Waals surface area (Å²) >= 11 is 11.8. The van der Waals surface area contributed by atoms with E-state index in [2.05, 4.69) is 15.0 Å². The van der Waals surface area contributed by atoms with Crippen molar-refractivity contribution in [3.8, 4) is 0 Å². The van der Waals surface area contributed by atoms with Gasteiger partial charge in [-0.25, -0.2) is 9.78 Å². The lowest BCUT2D eigenvalue weighted by atomic mass is 9.95. The molecule has 3 atom stereocenters. The van der Waals surface area contributed by atoms with Crippen molar-refractivity contribution in [1.29, 1.82) is 0 Å². The summed E-state index contributed by atoms with van der Waals surface area (Å²) in [6, 6.07) is 0.00188. The Morgan fingerprint density at radius 1 is 1.32 bits per heavy atom. The number of nitrogens with zero attached hydrogens (tertiary/aromatic N) is 3. The van der Waals surface area contributed by atoms with E-state index in [9.17, 15) is 4.79 Å². The van der Waals surface area contributed by atoms with Crippen molar-refractivity contribution >= 4 is 34.4 Å². The first-order valence-electron chi connectivity index (χ1n) is 6.12. The molecule has 4 rings (SSSR count). The second-order valence-electron chi connectivity index (χ2n) is 4.96. The molecule has 2 aliphatic rings. The van der Waals surface area contributed by atoms with Gasteiger partial charge < -0.3 is 9.72 Å². The lowest BCUT2D eigenvalue weighted by Gasteiger charge is -2.19. The fourth-order valence-corrected chi connectivity index (χ4v) is 3.55. The molecule has 2 bridgehead atoms. The highest BCUT2D eigenvalue weighted by atomic mass is 35.5. The van der Waals surface area contributed by atoms with Gasteiger partial charge >= 0.3 is 5.69 Å². The summed E-state index contributed by atoms with van der Waals surface area (Å²) in [6.07, 6.45) is 3.20. The first-order valence-corrected chi connectivity index (χ1v) is 6.88. The van der Waals surface area contributed by atoms with Gasteiger partial charge in [0.1, 0.15) is 5.52 Å². The van der Waals surface area contributed by atoms with Crippen molar-refractivity contribution < 1.29 is 4.74 Å². The Balaban J connectivity index is 1.94. The number of halogens is 2. The van der Waals surface area contributed by atoms with E-state index >= 15 is 0 Å². The fourth-order valence-electron chi connectivity index (χ4n) is 3.13. The molecule has 0 radical (unpaired) electrons. The quantitative estimate of drug-likeness (QED) is 0.645. The van der Waals surface area contributed by atoms with Gasteiger partial charge in [0.15, 0.2) is 10.8 Å². The zero-order valence-electron chi connectivity index (χ0n) is 9.77. The van der Waals surface area contributed by atoms with E-state index in [1.807, 2.05) is 0 Å². The summed E-state index contributed by atoms with van der Waals surface area (Å²) in [5.41, 5.74) is 0.643. The van der Waals surface area contributed by atoms with Crippen LogP contribution in [0, 0.1) is 0 Å². The van der Waals surface area contributed by atoms with Crippen molar-refractivity contribution in [1.82, 2.24) is 19.5 Å². The molecule has 0 spiro atoms. The summed E-state index contributed by atoms with van der Waals surface area (Å²) in [7, 11) is 0. The van der Waals surface area contributed by atoms with Crippen LogP contribution in [0.4, 0.5) is 0 Å². The minimum atomic E-state index is -0.241. The highest BCUT2D eigenvalue weighted by Gasteiger charge is 2.43. The number of rotatable bonds is 1. The van der Waals surface area contributed by atoms with Crippen LogP contribution in [0.3, 0.4) is 0 Å². The van der Waals surface area contributed by atoms with E-state index in [0.717, 1.165) is 19.3 Å². The van der Waals surface area contributed by atoms with Gasteiger partial charge in [0, 0.05) is 0 Å². The largest absolute Gasteiger partial charge is 0.373 e. The second-order valence-corrected chi connectivity index (χ2v) is 5.66. The summed E-state index contributed by atoms with van der Waals surface area (Å²) < 4.78 is 7.40. The molecule has 0 amide bonds. The third kappa shape index (κ3) is 1.63. The summed E-state index contributed by atoms with van der Waals surface area (Å²) in [4.78, 5) is 22.8. The maximum absolute atomic E-state index is 12.1. The maximum Gasteiger partial charge on any atom is 0.328 e. The van der Waals surface area contributed by atoms with E-state index in [0.29, 0.717) is 11.2 Å². The summed E-state index contributed by atoms with van der Waals surface area (Å²) in [5, 5.41) is 0.198. The third-order valence-electron chi connectivity index (χ3n) is 3.90. The van der Waals surface area contributed by atoms with Crippen LogP contribution in [0.5, 0.6) is 0 Å². The Labute approximate surface area is 117 Å². The summed E-state index contributed by atoms with van der Waals surface area (Å²) in [6.45, 7) is 0. The van der Waals surface area contributed by atoms with Crippen LogP contribution in [-0.4, -0.2) is 31.7 Å². The molecule has 4 heterocycles. The highest BCUT2D eigenvalue weighted by molar-refractivity contribution is 6.35. The van der Waals surface area contributed by atoms with Crippen LogP contribution in [0.2, 0.25) is 10.4 Å². The van der Waals surface area contributed by atoms with Crippen LogP contribution in [-0.2, 0) is 4.74 Å². The normalized spacial score (nSPS) is 29.5. The lowest BCUT2D eigenvalue weighted by molar-refractivity contribution is 0.0939. The van der Waals surface area contributed by atoms with Crippen LogP contribution >= 0.6 is 23.2 Å². The number of H-pyrrole nitrogens is 1. The molecule has 0 saturated carbocycles. The van der Waals surface area contributed by atoms with Crippen molar-refractivity contribution in [2.24, 2.45) is 0 Å². The van der Waals surface area contributed by atoms with E-state index in [4.69, 9.17) is 27.9 Å². The number of ether oxygens (including phenoxy) is 1. The Kier molecular flexibility index (Phi) is 2.43. The van der Waals surface area contributed by atoms with E-state index < -0.39 is 0 Å². The van der Waals surface area contributed by atoms with Crippen LogP contribution in [0.1, 0.15) is 25.3 Å². The molecular formula is C11H10Cl2N4O2. The Morgan fingerprint density at radius 3 is 2.84 bits per heavy atom. The molecule has 8 heteroatoms. The Morgan fingerprint density at radius 2 is 2.16 bits per heavy atom. The predicted octanol–water partition coefficient (Wildman–Crippen LogP) is 1.92. The molecular weight excluding hydrogens is 291 g/mol. The van der Waals surface area contributed by atoms with Gasteiger partial charge in [-0.3, -0.25) is 4.57 Å². The maximum atomic E-state index is 12.1. The van der Waals surface area contributed by atoms with Gasteiger partial charge in [-0.05, 0) is 30.9 Å². The number of fused-ring (bicyclic) bond motifs is 3. The van der Waals surface area contributed by atoms with Crippen LogP contribution in [0.25, 0.3) is 11.2 Å². The predicted molar refractivity (Wildman–Crippen MR) is 69.7 cm³/mol. The number of hydrogen-bond acceptors (Lipinski definition) is 4. The van der Waals surface area contributed by atoms with Gasteiger partial charge in [0.05, 0.1) is 18.2 Å². The van der Waals surface area contributed by atoms with Gasteiger partial charge in [-0.15, -0.1) is 0 Å².